The minimum atomic E-state index is -0.289. The second-order valence-electron chi connectivity index (χ2n) is 5.57. The summed E-state index contributed by atoms with van der Waals surface area (Å²) < 4.78 is 5.57. The molecule has 0 aliphatic carbocycles. The van der Waals surface area contributed by atoms with Crippen molar-refractivity contribution >= 4 is 23.4 Å². The molecule has 1 fully saturated rings. The van der Waals surface area contributed by atoms with E-state index in [1.165, 1.54) is 11.8 Å². The van der Waals surface area contributed by atoms with Gasteiger partial charge in [-0.25, -0.2) is 4.98 Å². The third kappa shape index (κ3) is 3.92. The van der Waals surface area contributed by atoms with Gasteiger partial charge in [-0.05, 0) is 38.3 Å². The molecule has 1 aliphatic heterocycles. The second-order valence-corrected chi connectivity index (χ2v) is 6.88. The zero-order valence-corrected chi connectivity index (χ0v) is 14.0. The Morgan fingerprint density at radius 2 is 2.30 bits per heavy atom. The van der Waals surface area contributed by atoms with E-state index < -0.39 is 0 Å². The first-order chi connectivity index (χ1) is 11.1. The van der Waals surface area contributed by atoms with E-state index in [-0.39, 0.29) is 17.3 Å². The van der Waals surface area contributed by atoms with Crippen molar-refractivity contribution in [2.45, 2.75) is 43.2 Å². The minimum absolute atomic E-state index is 0.00736. The summed E-state index contributed by atoms with van der Waals surface area (Å²) in [5, 5.41) is 10.3. The van der Waals surface area contributed by atoms with Crippen LogP contribution in [-0.4, -0.2) is 32.9 Å². The van der Waals surface area contributed by atoms with Gasteiger partial charge in [0.15, 0.2) is 5.82 Å². The summed E-state index contributed by atoms with van der Waals surface area (Å²) in [7, 11) is 0. The average Bonchev–Trinajstić information content (AvgIpc) is 3.20. The number of aryl methyl sites for hydroxylation is 1. The molecule has 122 valence electrons. The van der Waals surface area contributed by atoms with Crippen molar-refractivity contribution in [2.24, 2.45) is 0 Å². The van der Waals surface area contributed by atoms with Crippen molar-refractivity contribution in [3.63, 3.8) is 0 Å². The number of para-hydroxylation sites is 1. The average molecular weight is 332 g/mol. The van der Waals surface area contributed by atoms with E-state index in [9.17, 15) is 4.79 Å². The van der Waals surface area contributed by atoms with E-state index >= 15 is 0 Å². The molecule has 0 spiro atoms. The first-order valence-electron chi connectivity index (χ1n) is 7.70. The van der Waals surface area contributed by atoms with Crippen LogP contribution in [0.4, 0.5) is 5.69 Å². The number of benzene rings is 1. The topological polar surface area (TPSA) is 79.9 Å². The highest BCUT2D eigenvalue weighted by molar-refractivity contribution is 8.00. The summed E-state index contributed by atoms with van der Waals surface area (Å²) in [5.41, 5.74) is 1.87. The number of aromatic amines is 1. The number of aromatic nitrogens is 3. The summed E-state index contributed by atoms with van der Waals surface area (Å²) in [6.45, 7) is 4.58. The summed E-state index contributed by atoms with van der Waals surface area (Å²) >= 11 is 1.34. The highest BCUT2D eigenvalue weighted by Gasteiger charge is 2.23. The molecule has 0 radical (unpaired) electrons. The second kappa shape index (κ2) is 7.14. The Kier molecular flexibility index (Phi) is 4.97. The third-order valence-electron chi connectivity index (χ3n) is 3.77. The molecule has 23 heavy (non-hydrogen) atoms. The van der Waals surface area contributed by atoms with Crippen molar-refractivity contribution < 1.29 is 9.53 Å². The van der Waals surface area contributed by atoms with Crippen LogP contribution in [0.5, 0.6) is 0 Å². The summed E-state index contributed by atoms with van der Waals surface area (Å²) in [4.78, 5) is 16.7. The zero-order chi connectivity index (χ0) is 16.2. The van der Waals surface area contributed by atoms with Crippen molar-refractivity contribution in [1.82, 2.24) is 15.2 Å². The van der Waals surface area contributed by atoms with Crippen LogP contribution in [0.2, 0.25) is 0 Å². The smallest absolute Gasteiger partial charge is 0.237 e. The molecule has 3 rings (SSSR count). The van der Waals surface area contributed by atoms with Gasteiger partial charge in [0.1, 0.15) is 6.10 Å². The van der Waals surface area contributed by atoms with Crippen LogP contribution in [0, 0.1) is 6.92 Å². The number of carbonyl (C=O) groups is 1. The van der Waals surface area contributed by atoms with Gasteiger partial charge in [-0.2, -0.15) is 0 Å². The summed E-state index contributed by atoms with van der Waals surface area (Å²) in [6, 6.07) is 7.72. The van der Waals surface area contributed by atoms with Gasteiger partial charge in [0, 0.05) is 12.3 Å². The number of nitrogens with zero attached hydrogens (tertiary/aromatic N) is 2. The van der Waals surface area contributed by atoms with E-state index in [4.69, 9.17) is 4.74 Å². The van der Waals surface area contributed by atoms with Crippen LogP contribution in [0.1, 0.15) is 37.3 Å². The molecule has 1 saturated heterocycles. The van der Waals surface area contributed by atoms with Gasteiger partial charge < -0.3 is 10.1 Å². The molecule has 0 bridgehead atoms. The SMILES string of the molecule is Cc1ccccc1NC(=O)[C@@H](C)Sc1n[nH]c([C@H]2CCCO2)n1. The third-order valence-corrected chi connectivity index (χ3v) is 4.73. The quantitative estimate of drug-likeness (QED) is 0.823. The number of amides is 1. The lowest BCUT2D eigenvalue weighted by Crippen LogP contribution is -2.22. The van der Waals surface area contributed by atoms with Crippen LogP contribution in [0.15, 0.2) is 29.4 Å². The van der Waals surface area contributed by atoms with Gasteiger partial charge in [0.25, 0.3) is 0 Å². The fraction of sp³-hybridized carbons (Fsp3) is 0.438. The van der Waals surface area contributed by atoms with Crippen molar-refractivity contribution in [3.8, 4) is 0 Å². The maximum atomic E-state index is 12.3. The van der Waals surface area contributed by atoms with Gasteiger partial charge in [-0.15, -0.1) is 5.10 Å². The van der Waals surface area contributed by atoms with E-state index in [2.05, 4.69) is 20.5 Å². The van der Waals surface area contributed by atoms with Gasteiger partial charge in [-0.1, -0.05) is 30.0 Å². The molecule has 2 aromatic rings. The lowest BCUT2D eigenvalue weighted by atomic mass is 10.2. The summed E-state index contributed by atoms with van der Waals surface area (Å²) in [6.07, 6.45) is 2.01. The molecule has 0 saturated carbocycles. The number of hydrogen-bond donors (Lipinski definition) is 2. The van der Waals surface area contributed by atoms with Gasteiger partial charge in [0.2, 0.25) is 11.1 Å². The van der Waals surface area contributed by atoms with Gasteiger partial charge in [0.05, 0.1) is 5.25 Å². The summed E-state index contributed by atoms with van der Waals surface area (Å²) in [5.74, 6) is 0.685. The van der Waals surface area contributed by atoms with Gasteiger partial charge in [-0.3, -0.25) is 9.89 Å². The van der Waals surface area contributed by atoms with Crippen LogP contribution in [-0.2, 0) is 9.53 Å². The number of H-pyrrole nitrogens is 1. The monoisotopic (exact) mass is 332 g/mol. The number of nitrogens with one attached hydrogen (secondary N) is 2. The Balaban J connectivity index is 1.59. The Morgan fingerprint density at radius 3 is 3.04 bits per heavy atom. The van der Waals surface area contributed by atoms with Crippen LogP contribution in [0.25, 0.3) is 0 Å². The minimum Gasteiger partial charge on any atom is -0.370 e. The first kappa shape index (κ1) is 16.0. The lowest BCUT2D eigenvalue weighted by Gasteiger charge is -2.11. The van der Waals surface area contributed by atoms with E-state index in [1.54, 1.807) is 0 Å². The number of carbonyl (C=O) groups excluding carboxylic acids is 1. The normalized spacial score (nSPS) is 18.8. The lowest BCUT2D eigenvalue weighted by molar-refractivity contribution is -0.115. The standard InChI is InChI=1S/C16H20N4O2S/c1-10-6-3-4-7-12(10)17-15(21)11(2)23-16-18-14(19-20-16)13-8-5-9-22-13/h3-4,6-7,11,13H,5,8-9H2,1-2H3,(H,17,21)(H,18,19,20)/t11-,13-/m1/s1. The molecular formula is C16H20N4O2S. The molecule has 2 atom stereocenters. The van der Waals surface area contributed by atoms with E-state index in [0.717, 1.165) is 36.5 Å². The van der Waals surface area contributed by atoms with Crippen molar-refractivity contribution in [3.05, 3.63) is 35.7 Å². The Morgan fingerprint density at radius 1 is 1.48 bits per heavy atom. The first-order valence-corrected chi connectivity index (χ1v) is 8.58. The van der Waals surface area contributed by atoms with Crippen LogP contribution < -0.4 is 5.32 Å². The fourth-order valence-electron chi connectivity index (χ4n) is 2.41. The molecule has 0 unspecified atom stereocenters. The molecule has 6 nitrogen and oxygen atoms in total. The van der Waals surface area contributed by atoms with E-state index in [0.29, 0.717) is 5.16 Å². The number of ether oxygens (including phenoxy) is 1. The Hall–Kier alpha value is -1.86. The number of thioether (sulfide) groups is 1. The largest absolute Gasteiger partial charge is 0.370 e. The van der Waals surface area contributed by atoms with Gasteiger partial charge >= 0.3 is 0 Å². The predicted molar refractivity (Wildman–Crippen MR) is 89.4 cm³/mol. The zero-order valence-electron chi connectivity index (χ0n) is 13.2. The molecule has 7 heteroatoms. The molecular weight excluding hydrogens is 312 g/mol. The Bertz CT molecular complexity index is 682. The molecule has 2 N–H and O–H groups in total. The number of rotatable bonds is 5. The predicted octanol–water partition coefficient (Wildman–Crippen LogP) is 3.08. The Labute approximate surface area is 139 Å². The van der Waals surface area contributed by atoms with E-state index in [1.807, 2.05) is 38.1 Å². The van der Waals surface area contributed by atoms with Crippen LogP contribution >= 0.6 is 11.8 Å². The highest BCUT2D eigenvalue weighted by Crippen LogP contribution is 2.28. The van der Waals surface area contributed by atoms with Crippen LogP contribution in [0.3, 0.4) is 0 Å². The highest BCUT2D eigenvalue weighted by atomic mass is 32.2. The van der Waals surface area contributed by atoms with Crippen molar-refractivity contribution in [2.75, 3.05) is 11.9 Å². The maximum absolute atomic E-state index is 12.3. The number of hydrogen-bond acceptors (Lipinski definition) is 5. The molecule has 1 aliphatic rings. The van der Waals surface area contributed by atoms with Crippen molar-refractivity contribution in [1.29, 1.82) is 0 Å². The fourth-order valence-corrected chi connectivity index (χ4v) is 3.14. The maximum Gasteiger partial charge on any atom is 0.237 e. The molecule has 2 heterocycles. The number of anilines is 1. The molecule has 1 amide bonds. The molecule has 1 aromatic carbocycles. The molecule has 1 aromatic heterocycles.